The lowest BCUT2D eigenvalue weighted by Gasteiger charge is -2.33. The van der Waals surface area contributed by atoms with Crippen LogP contribution in [0, 0.1) is 5.41 Å². The number of hydrogen-bond acceptors (Lipinski definition) is 7. The molecule has 0 radical (unpaired) electrons. The molecule has 0 aliphatic heterocycles. The number of alkyl halides is 4. The van der Waals surface area contributed by atoms with E-state index in [2.05, 4.69) is 25.8 Å². The molecule has 0 bridgehead atoms. The van der Waals surface area contributed by atoms with Crippen molar-refractivity contribution in [2.24, 2.45) is 0 Å². The normalized spacial score (nSPS) is 12.5. The first-order valence-electron chi connectivity index (χ1n) is 15.5. The molecule has 1 atom stereocenters. The van der Waals surface area contributed by atoms with Gasteiger partial charge in [-0.3, -0.25) is 19.8 Å². The van der Waals surface area contributed by atoms with Gasteiger partial charge < -0.3 is 15.4 Å². The summed E-state index contributed by atoms with van der Waals surface area (Å²) in [5.74, 6) is -0.777. The number of alkyl carbamates (subject to hydrolysis) is 1. The van der Waals surface area contributed by atoms with Gasteiger partial charge in [-0.2, -0.15) is 19.0 Å². The SMILES string of the molecule is BC(B)(B)n1cnc(-c2cc([C@@H](COC(=O)NC(C)(C)C(F)F)N(C(=N)NCC)C(=O)c3ccc(-c4cnn(C(F)F)c4)cc3)ccc2Cl)n1. The number of aromatic nitrogens is 5. The van der Waals surface area contributed by atoms with Crippen LogP contribution in [0.3, 0.4) is 0 Å². The zero-order chi connectivity index (χ0) is 37.0. The molecule has 0 aliphatic rings. The van der Waals surface area contributed by atoms with Gasteiger partial charge >= 0.3 is 12.6 Å². The van der Waals surface area contributed by atoms with E-state index < -0.39 is 48.4 Å². The fourth-order valence-electron chi connectivity index (χ4n) is 4.65. The molecular weight excluding hydrogens is 678 g/mol. The van der Waals surface area contributed by atoms with Crippen LogP contribution in [0.25, 0.3) is 22.5 Å². The summed E-state index contributed by atoms with van der Waals surface area (Å²) in [7, 11) is 5.82. The Bertz CT molecular complexity index is 1840. The molecule has 0 spiro atoms. The van der Waals surface area contributed by atoms with Crippen molar-refractivity contribution in [1.82, 2.24) is 40.1 Å². The Balaban J connectivity index is 1.77. The Morgan fingerprint density at radius 2 is 1.76 bits per heavy atom. The highest BCUT2D eigenvalue weighted by Crippen LogP contribution is 2.32. The van der Waals surface area contributed by atoms with E-state index in [4.69, 9.17) is 21.7 Å². The monoisotopic (exact) mass is 713 g/mol. The van der Waals surface area contributed by atoms with E-state index in [9.17, 15) is 27.2 Å². The number of carbonyl (C=O) groups excluding carboxylic acids is 2. The molecule has 0 saturated carbocycles. The highest BCUT2D eigenvalue weighted by Gasteiger charge is 2.35. The minimum atomic E-state index is -2.90. The van der Waals surface area contributed by atoms with Crippen LogP contribution in [0.2, 0.25) is 5.02 Å². The van der Waals surface area contributed by atoms with Crippen molar-refractivity contribution in [2.75, 3.05) is 13.2 Å². The van der Waals surface area contributed by atoms with E-state index >= 15 is 0 Å². The molecule has 50 heavy (non-hydrogen) atoms. The number of halogens is 5. The van der Waals surface area contributed by atoms with Gasteiger partial charge in [0.1, 0.15) is 36.5 Å². The summed E-state index contributed by atoms with van der Waals surface area (Å²) in [5, 5.41) is 21.9. The van der Waals surface area contributed by atoms with Crippen LogP contribution in [-0.4, -0.2) is 96.1 Å². The molecule has 12 nitrogen and oxygen atoms in total. The lowest BCUT2D eigenvalue weighted by molar-refractivity contribution is 0.0402. The van der Waals surface area contributed by atoms with Crippen molar-refractivity contribution in [2.45, 2.75) is 50.6 Å². The van der Waals surface area contributed by atoms with E-state index in [1.807, 2.05) is 23.5 Å². The van der Waals surface area contributed by atoms with Crippen molar-refractivity contribution < 1.29 is 31.9 Å². The molecule has 0 fully saturated rings. The number of ether oxygens (including phenoxy) is 1. The molecule has 2 aromatic carbocycles. The fourth-order valence-corrected chi connectivity index (χ4v) is 4.85. The third-order valence-electron chi connectivity index (χ3n) is 7.52. The average Bonchev–Trinajstić information content (AvgIpc) is 3.74. The van der Waals surface area contributed by atoms with Crippen LogP contribution in [-0.2, 0) is 9.97 Å². The van der Waals surface area contributed by atoms with E-state index in [0.717, 1.165) is 18.7 Å². The fraction of sp³-hybridized carbons (Fsp3) is 0.333. The zero-order valence-electron chi connectivity index (χ0n) is 28.2. The third kappa shape index (κ3) is 8.86. The first kappa shape index (κ1) is 38.0. The van der Waals surface area contributed by atoms with Gasteiger partial charge in [-0.05, 0) is 61.4 Å². The average molecular weight is 714 g/mol. The Kier molecular flexibility index (Phi) is 11.7. The van der Waals surface area contributed by atoms with Gasteiger partial charge in [0, 0.05) is 29.4 Å². The van der Waals surface area contributed by atoms with Crippen LogP contribution in [0.15, 0.2) is 61.2 Å². The minimum Gasteiger partial charge on any atom is -0.447 e. The van der Waals surface area contributed by atoms with Gasteiger partial charge in [0.15, 0.2) is 11.8 Å². The number of guanidine groups is 1. The second-order valence-electron chi connectivity index (χ2n) is 12.8. The Morgan fingerprint density at radius 1 is 1.08 bits per heavy atom. The van der Waals surface area contributed by atoms with Crippen LogP contribution in [0.4, 0.5) is 22.4 Å². The smallest absolute Gasteiger partial charge is 0.407 e. The molecule has 4 rings (SSSR count). The summed E-state index contributed by atoms with van der Waals surface area (Å²) in [6.07, 6.45) is -0.0947. The number of amides is 2. The molecule has 0 aliphatic carbocycles. The van der Waals surface area contributed by atoms with Crippen molar-refractivity contribution in [3.8, 4) is 22.5 Å². The lowest BCUT2D eigenvalue weighted by Crippen LogP contribution is -2.51. The standard InChI is InChI=1S/C30H35B3ClF4N9O3/c1-4-40-27(39)47(24(48)17-7-5-16(6-8-17)19-12-42-45(13-19)26(37)38)22(14-50-28(49)43-29(2,3)25(35)36)18-9-10-21(34)20(11-18)23-41-15-46(44-23)30(31,32)33/h5-13,15,22,25-26H,4,14,31-33H2,1-3H3,(H2,39,40)(H,43,49)/t22-/m1/s1. The van der Waals surface area contributed by atoms with Gasteiger partial charge in [-0.25, -0.2) is 23.2 Å². The van der Waals surface area contributed by atoms with Gasteiger partial charge in [0.25, 0.3) is 12.3 Å². The third-order valence-corrected chi connectivity index (χ3v) is 7.85. The van der Waals surface area contributed by atoms with E-state index in [0.29, 0.717) is 26.9 Å². The highest BCUT2D eigenvalue weighted by molar-refractivity contribution is 6.56. The van der Waals surface area contributed by atoms with Crippen LogP contribution in [0.1, 0.15) is 49.3 Å². The largest absolute Gasteiger partial charge is 0.447 e. The Hall–Kier alpha value is -4.80. The maximum atomic E-state index is 14.2. The quantitative estimate of drug-likeness (QED) is 0.0888. The number of hydrogen-bond donors (Lipinski definition) is 3. The first-order valence-corrected chi connectivity index (χ1v) is 15.8. The summed E-state index contributed by atoms with van der Waals surface area (Å²) in [5.41, 5.74) is -0.185. The van der Waals surface area contributed by atoms with E-state index in [-0.39, 0.29) is 28.9 Å². The highest BCUT2D eigenvalue weighted by atomic mass is 35.5. The van der Waals surface area contributed by atoms with E-state index in [1.54, 1.807) is 36.1 Å². The number of nitrogens with one attached hydrogen (secondary N) is 3. The molecule has 2 heterocycles. The number of nitrogens with zero attached hydrogens (tertiary/aromatic N) is 6. The van der Waals surface area contributed by atoms with Crippen molar-refractivity contribution in [1.29, 1.82) is 5.41 Å². The zero-order valence-corrected chi connectivity index (χ0v) is 29.0. The Labute approximate surface area is 293 Å². The summed E-state index contributed by atoms with van der Waals surface area (Å²) in [6.45, 7) is 0.826. The number of rotatable bonds is 12. The molecule has 0 unspecified atom stereocenters. The van der Waals surface area contributed by atoms with Gasteiger partial charge in [0.2, 0.25) is 0 Å². The first-order chi connectivity index (χ1) is 23.4. The van der Waals surface area contributed by atoms with Crippen molar-refractivity contribution in [3.63, 3.8) is 0 Å². The second-order valence-corrected chi connectivity index (χ2v) is 13.2. The molecule has 2 aromatic heterocycles. The second kappa shape index (κ2) is 15.4. The van der Waals surface area contributed by atoms with Crippen molar-refractivity contribution >= 4 is 53.1 Å². The molecule has 2 amide bonds. The van der Waals surface area contributed by atoms with Crippen LogP contribution < -0.4 is 10.6 Å². The maximum absolute atomic E-state index is 14.2. The predicted molar refractivity (Wildman–Crippen MR) is 188 cm³/mol. The molecular formula is C30H35B3ClF4N9O3. The summed E-state index contributed by atoms with van der Waals surface area (Å²) >= 11 is 6.58. The lowest BCUT2D eigenvalue weighted by atomic mass is 9.49. The number of benzene rings is 2. The maximum Gasteiger partial charge on any atom is 0.407 e. The van der Waals surface area contributed by atoms with Crippen molar-refractivity contribution in [3.05, 3.63) is 77.3 Å². The summed E-state index contributed by atoms with van der Waals surface area (Å²) in [6, 6.07) is 9.51. The number of carbonyl (C=O) groups is 2. The predicted octanol–water partition coefficient (Wildman–Crippen LogP) is 2.82. The molecule has 262 valence electrons. The Morgan fingerprint density at radius 3 is 2.32 bits per heavy atom. The van der Waals surface area contributed by atoms with Crippen LogP contribution >= 0.6 is 11.6 Å². The van der Waals surface area contributed by atoms with E-state index in [1.165, 1.54) is 36.7 Å². The van der Waals surface area contributed by atoms with Gasteiger partial charge in [-0.1, -0.05) is 29.8 Å². The van der Waals surface area contributed by atoms with Gasteiger partial charge in [0.05, 0.1) is 22.8 Å². The molecule has 0 saturated heterocycles. The summed E-state index contributed by atoms with van der Waals surface area (Å²) in [4.78, 5) is 32.5. The van der Waals surface area contributed by atoms with Crippen LogP contribution in [0.5, 0.6) is 0 Å². The molecule has 4 aromatic rings. The molecule has 20 heteroatoms. The minimum absolute atomic E-state index is 0.103. The topological polar surface area (TPSA) is 143 Å². The van der Waals surface area contributed by atoms with Gasteiger partial charge in [-0.15, -0.1) is 0 Å². The molecule has 3 N–H and O–H groups in total. The summed E-state index contributed by atoms with van der Waals surface area (Å²) < 4.78 is 60.8.